The molecule has 1 aliphatic rings. The van der Waals surface area contributed by atoms with Crippen LogP contribution in [0.1, 0.15) is 23.5 Å². The lowest BCUT2D eigenvalue weighted by Crippen LogP contribution is -2.32. The summed E-state index contributed by atoms with van der Waals surface area (Å²) in [5, 5.41) is 3.23. The zero-order valence-electron chi connectivity index (χ0n) is 7.94. The van der Waals surface area contributed by atoms with Gasteiger partial charge in [-0.2, -0.15) is 0 Å². The highest BCUT2D eigenvalue weighted by Gasteiger charge is 2.23. The fourth-order valence-electron chi connectivity index (χ4n) is 1.69. The van der Waals surface area contributed by atoms with Crippen molar-refractivity contribution in [1.82, 2.24) is 15.3 Å². The summed E-state index contributed by atoms with van der Waals surface area (Å²) < 4.78 is 0. The molecule has 1 aliphatic heterocycles. The Labute approximate surface area is 82.8 Å². The Morgan fingerprint density at radius 3 is 2.57 bits per heavy atom. The molecule has 0 spiro atoms. The largest absolute Gasteiger partial charge is 0.317 e. The summed E-state index contributed by atoms with van der Waals surface area (Å²) in [5.41, 5.74) is 0. The van der Waals surface area contributed by atoms with Gasteiger partial charge in [0.15, 0.2) is 5.82 Å². The number of ketones is 1. The van der Waals surface area contributed by atoms with E-state index in [4.69, 9.17) is 0 Å². The Kier molecular flexibility index (Phi) is 2.84. The summed E-state index contributed by atoms with van der Waals surface area (Å²) in [7, 11) is 0. The molecule has 1 aromatic rings. The van der Waals surface area contributed by atoms with Crippen LogP contribution in [-0.4, -0.2) is 28.8 Å². The van der Waals surface area contributed by atoms with Crippen molar-refractivity contribution in [3.8, 4) is 0 Å². The van der Waals surface area contributed by atoms with Crippen molar-refractivity contribution in [1.29, 1.82) is 0 Å². The van der Waals surface area contributed by atoms with Crippen molar-refractivity contribution >= 4 is 5.78 Å². The number of nitrogens with one attached hydrogen (secondary N) is 1. The Bertz CT molecular complexity index is 306. The molecule has 0 bridgehead atoms. The van der Waals surface area contributed by atoms with Gasteiger partial charge in [0.05, 0.1) is 0 Å². The SMILES string of the molecule is O=C(c1ncccn1)C1CCNCC1. The topological polar surface area (TPSA) is 54.9 Å². The quantitative estimate of drug-likeness (QED) is 0.698. The van der Waals surface area contributed by atoms with Crippen molar-refractivity contribution in [2.45, 2.75) is 12.8 Å². The normalized spacial score (nSPS) is 18.0. The van der Waals surface area contributed by atoms with Crippen molar-refractivity contribution in [3.05, 3.63) is 24.3 Å². The smallest absolute Gasteiger partial charge is 0.203 e. The fraction of sp³-hybridized carbons (Fsp3) is 0.500. The first-order valence-electron chi connectivity index (χ1n) is 4.90. The zero-order valence-corrected chi connectivity index (χ0v) is 7.94. The monoisotopic (exact) mass is 191 g/mol. The van der Waals surface area contributed by atoms with Gasteiger partial charge < -0.3 is 5.32 Å². The van der Waals surface area contributed by atoms with Crippen molar-refractivity contribution in [2.24, 2.45) is 5.92 Å². The van der Waals surface area contributed by atoms with E-state index in [1.54, 1.807) is 18.5 Å². The van der Waals surface area contributed by atoms with Crippen LogP contribution in [-0.2, 0) is 0 Å². The second kappa shape index (κ2) is 4.28. The lowest BCUT2D eigenvalue weighted by Gasteiger charge is -2.20. The first-order valence-corrected chi connectivity index (χ1v) is 4.90. The Morgan fingerprint density at radius 1 is 1.29 bits per heavy atom. The molecule has 0 radical (unpaired) electrons. The second-order valence-electron chi connectivity index (χ2n) is 3.46. The molecule has 1 N–H and O–H groups in total. The number of carbonyl (C=O) groups excluding carboxylic acids is 1. The minimum atomic E-state index is 0.0899. The van der Waals surface area contributed by atoms with Gasteiger partial charge in [-0.25, -0.2) is 9.97 Å². The van der Waals surface area contributed by atoms with Gasteiger partial charge in [-0.15, -0.1) is 0 Å². The van der Waals surface area contributed by atoms with E-state index < -0.39 is 0 Å². The maximum absolute atomic E-state index is 11.8. The van der Waals surface area contributed by atoms with E-state index in [1.807, 2.05) is 0 Å². The molecule has 0 atom stereocenters. The molecule has 0 aromatic carbocycles. The third kappa shape index (κ3) is 1.96. The lowest BCUT2D eigenvalue weighted by molar-refractivity contribution is 0.0884. The van der Waals surface area contributed by atoms with Crippen LogP contribution < -0.4 is 5.32 Å². The Morgan fingerprint density at radius 2 is 1.93 bits per heavy atom. The fourth-order valence-corrected chi connectivity index (χ4v) is 1.69. The molecular formula is C10H13N3O. The molecule has 2 rings (SSSR count). The van der Waals surface area contributed by atoms with Gasteiger partial charge in [-0.1, -0.05) is 0 Å². The van der Waals surface area contributed by atoms with Crippen LogP contribution in [0.25, 0.3) is 0 Å². The summed E-state index contributed by atoms with van der Waals surface area (Å²) in [6.45, 7) is 1.84. The van der Waals surface area contributed by atoms with Gasteiger partial charge in [0.25, 0.3) is 0 Å². The van der Waals surface area contributed by atoms with E-state index in [2.05, 4.69) is 15.3 Å². The summed E-state index contributed by atoms with van der Waals surface area (Å²) in [6, 6.07) is 1.72. The number of piperidine rings is 1. The highest BCUT2D eigenvalue weighted by molar-refractivity contribution is 5.94. The second-order valence-corrected chi connectivity index (χ2v) is 3.46. The Hall–Kier alpha value is -1.29. The molecule has 74 valence electrons. The third-order valence-electron chi connectivity index (χ3n) is 2.50. The molecule has 14 heavy (non-hydrogen) atoms. The highest BCUT2D eigenvalue weighted by atomic mass is 16.1. The summed E-state index contributed by atoms with van der Waals surface area (Å²) in [6.07, 6.45) is 5.02. The van der Waals surface area contributed by atoms with Crippen LogP contribution in [0, 0.1) is 5.92 Å². The molecule has 4 nitrogen and oxygen atoms in total. The average molecular weight is 191 g/mol. The molecule has 1 saturated heterocycles. The molecule has 0 unspecified atom stereocenters. The molecule has 1 aromatic heterocycles. The minimum absolute atomic E-state index is 0.0899. The van der Waals surface area contributed by atoms with Crippen molar-refractivity contribution < 1.29 is 4.79 Å². The summed E-state index contributed by atoms with van der Waals surface area (Å²) in [4.78, 5) is 19.8. The van der Waals surface area contributed by atoms with Crippen LogP contribution in [0.2, 0.25) is 0 Å². The zero-order chi connectivity index (χ0) is 9.80. The standard InChI is InChI=1S/C10H13N3O/c14-9(8-2-6-11-7-3-8)10-12-4-1-5-13-10/h1,4-5,8,11H,2-3,6-7H2. The van der Waals surface area contributed by atoms with Crippen LogP contribution in [0.5, 0.6) is 0 Å². The van der Waals surface area contributed by atoms with Gasteiger partial charge in [0.2, 0.25) is 5.78 Å². The number of hydrogen-bond donors (Lipinski definition) is 1. The Balaban J connectivity index is 2.07. The maximum atomic E-state index is 11.8. The van der Waals surface area contributed by atoms with Gasteiger partial charge in [-0.05, 0) is 32.0 Å². The van der Waals surface area contributed by atoms with Crippen molar-refractivity contribution in [2.75, 3.05) is 13.1 Å². The molecule has 4 heteroatoms. The first-order chi connectivity index (χ1) is 6.88. The number of Topliss-reactive ketones (excluding diaryl/α,β-unsaturated/α-hetero) is 1. The number of nitrogens with zero attached hydrogens (tertiary/aromatic N) is 2. The average Bonchev–Trinajstić information content (AvgIpc) is 2.30. The van der Waals surface area contributed by atoms with Gasteiger partial charge in [0, 0.05) is 18.3 Å². The molecule has 2 heterocycles. The molecule has 1 fully saturated rings. The maximum Gasteiger partial charge on any atom is 0.203 e. The van der Waals surface area contributed by atoms with Gasteiger partial charge >= 0.3 is 0 Å². The van der Waals surface area contributed by atoms with Crippen LogP contribution in [0.3, 0.4) is 0 Å². The predicted octanol–water partition coefficient (Wildman–Crippen LogP) is 0.659. The number of aromatic nitrogens is 2. The highest BCUT2D eigenvalue weighted by Crippen LogP contribution is 2.15. The van der Waals surface area contributed by atoms with Crippen LogP contribution in [0.15, 0.2) is 18.5 Å². The molecule has 0 aliphatic carbocycles. The molecule has 0 amide bonds. The van der Waals surface area contributed by atoms with E-state index in [1.165, 1.54) is 0 Å². The van der Waals surface area contributed by atoms with Gasteiger partial charge in [0.1, 0.15) is 0 Å². The number of carbonyl (C=O) groups is 1. The van der Waals surface area contributed by atoms with Crippen molar-refractivity contribution in [3.63, 3.8) is 0 Å². The van der Waals surface area contributed by atoms with Crippen LogP contribution >= 0.6 is 0 Å². The molecule has 0 saturated carbocycles. The molecular weight excluding hydrogens is 178 g/mol. The summed E-state index contributed by atoms with van der Waals surface area (Å²) >= 11 is 0. The van der Waals surface area contributed by atoms with Crippen LogP contribution in [0.4, 0.5) is 0 Å². The first kappa shape index (κ1) is 9.27. The predicted molar refractivity (Wildman–Crippen MR) is 52.0 cm³/mol. The van der Waals surface area contributed by atoms with E-state index in [0.717, 1.165) is 25.9 Å². The lowest BCUT2D eigenvalue weighted by atomic mass is 9.93. The van der Waals surface area contributed by atoms with E-state index >= 15 is 0 Å². The third-order valence-corrected chi connectivity index (χ3v) is 2.50. The summed E-state index contributed by atoms with van der Waals surface area (Å²) in [5.74, 6) is 0.560. The van der Waals surface area contributed by atoms with E-state index in [0.29, 0.717) is 5.82 Å². The van der Waals surface area contributed by atoms with E-state index in [-0.39, 0.29) is 11.7 Å². The van der Waals surface area contributed by atoms with Gasteiger partial charge in [-0.3, -0.25) is 4.79 Å². The van der Waals surface area contributed by atoms with E-state index in [9.17, 15) is 4.79 Å². The number of hydrogen-bond acceptors (Lipinski definition) is 4. The minimum Gasteiger partial charge on any atom is -0.317 e. The number of rotatable bonds is 2.